The van der Waals surface area contributed by atoms with Gasteiger partial charge in [-0.15, -0.1) is 0 Å². The van der Waals surface area contributed by atoms with Gasteiger partial charge in [-0.3, -0.25) is 0 Å². The molecule has 0 bridgehead atoms. The molecule has 0 aliphatic carbocycles. The van der Waals surface area contributed by atoms with Crippen LogP contribution in [0.5, 0.6) is 0 Å². The molecule has 2 heterocycles. The lowest BCUT2D eigenvalue weighted by atomic mass is 10.2. The Labute approximate surface area is 97.1 Å². The number of pyridine rings is 1. The normalized spacial score (nSPS) is 20.4. The zero-order valence-electron chi connectivity index (χ0n) is 10.1. The third-order valence-electron chi connectivity index (χ3n) is 3.32. The van der Waals surface area contributed by atoms with Crippen molar-refractivity contribution in [3.8, 4) is 0 Å². The molecule has 3 heteroatoms. The van der Waals surface area contributed by atoms with Crippen molar-refractivity contribution >= 4 is 5.82 Å². The quantitative estimate of drug-likeness (QED) is 0.847. The summed E-state index contributed by atoms with van der Waals surface area (Å²) >= 11 is 0. The van der Waals surface area contributed by atoms with Gasteiger partial charge in [-0.2, -0.15) is 0 Å². The number of aryl methyl sites for hydroxylation is 1. The van der Waals surface area contributed by atoms with E-state index in [0.717, 1.165) is 30.0 Å². The van der Waals surface area contributed by atoms with Gasteiger partial charge in [-0.05, 0) is 43.9 Å². The molecule has 1 atom stereocenters. The first kappa shape index (κ1) is 11.4. The molecule has 0 radical (unpaired) electrons. The summed E-state index contributed by atoms with van der Waals surface area (Å²) < 4.78 is 0. The minimum absolute atomic E-state index is 0.102. The summed E-state index contributed by atoms with van der Waals surface area (Å²) in [6.07, 6.45) is 3.41. The maximum absolute atomic E-state index is 9.24. The Morgan fingerprint density at radius 2 is 2.31 bits per heavy atom. The Kier molecular flexibility index (Phi) is 3.44. The Balaban J connectivity index is 2.31. The predicted molar refractivity (Wildman–Crippen MR) is 65.6 cm³/mol. The second kappa shape index (κ2) is 4.83. The van der Waals surface area contributed by atoms with Crippen molar-refractivity contribution in [3.63, 3.8) is 0 Å². The fourth-order valence-electron chi connectivity index (χ4n) is 2.33. The van der Waals surface area contributed by atoms with E-state index in [1.54, 1.807) is 0 Å². The molecule has 1 fully saturated rings. The summed E-state index contributed by atoms with van der Waals surface area (Å²) in [4.78, 5) is 6.99. The second-order valence-corrected chi connectivity index (χ2v) is 4.52. The Bertz CT molecular complexity index is 343. The molecule has 88 valence electrons. The molecule has 16 heavy (non-hydrogen) atoms. The number of aliphatic hydroxyl groups is 1. The van der Waals surface area contributed by atoms with Gasteiger partial charge in [0.15, 0.2) is 0 Å². The largest absolute Gasteiger partial charge is 0.392 e. The van der Waals surface area contributed by atoms with Gasteiger partial charge in [0.2, 0.25) is 0 Å². The summed E-state index contributed by atoms with van der Waals surface area (Å²) in [6.45, 7) is 5.53. The smallest absolute Gasteiger partial charge is 0.129 e. The van der Waals surface area contributed by atoms with E-state index in [0.29, 0.717) is 6.04 Å². The molecule has 1 saturated heterocycles. The lowest BCUT2D eigenvalue weighted by Crippen LogP contribution is -2.27. The van der Waals surface area contributed by atoms with Crippen LogP contribution < -0.4 is 4.90 Å². The first-order chi connectivity index (χ1) is 7.74. The first-order valence-electron chi connectivity index (χ1n) is 6.12. The molecule has 0 aromatic carbocycles. The van der Waals surface area contributed by atoms with Crippen molar-refractivity contribution in [3.05, 3.63) is 23.4 Å². The van der Waals surface area contributed by atoms with Gasteiger partial charge in [0.05, 0.1) is 6.61 Å². The predicted octanol–water partition coefficient (Wildman–Crippen LogP) is 2.12. The molecule has 0 amide bonds. The third-order valence-corrected chi connectivity index (χ3v) is 3.32. The van der Waals surface area contributed by atoms with E-state index in [1.165, 1.54) is 12.8 Å². The average molecular weight is 220 g/mol. The molecule has 1 unspecified atom stereocenters. The van der Waals surface area contributed by atoms with Crippen LogP contribution >= 0.6 is 0 Å². The van der Waals surface area contributed by atoms with Crippen LogP contribution in [0.15, 0.2) is 12.1 Å². The van der Waals surface area contributed by atoms with Gasteiger partial charge in [-0.25, -0.2) is 4.98 Å². The molecule has 3 nitrogen and oxygen atoms in total. The highest BCUT2D eigenvalue weighted by Gasteiger charge is 2.21. The fraction of sp³-hybridized carbons (Fsp3) is 0.615. The summed E-state index contributed by atoms with van der Waals surface area (Å²) in [6, 6.07) is 4.58. The van der Waals surface area contributed by atoms with Crippen molar-refractivity contribution in [2.24, 2.45) is 0 Å². The Hall–Kier alpha value is -1.09. The summed E-state index contributed by atoms with van der Waals surface area (Å²) in [5, 5.41) is 9.24. The molecule has 1 aromatic heterocycles. The van der Waals surface area contributed by atoms with E-state index in [4.69, 9.17) is 0 Å². The van der Waals surface area contributed by atoms with Gasteiger partial charge in [-0.1, -0.05) is 6.92 Å². The zero-order chi connectivity index (χ0) is 11.5. The maximum Gasteiger partial charge on any atom is 0.129 e. The summed E-state index contributed by atoms with van der Waals surface area (Å²) in [5.41, 5.74) is 2.04. The number of nitrogens with zero attached hydrogens (tertiary/aromatic N) is 2. The number of aliphatic hydroxyl groups excluding tert-OH is 1. The standard InChI is InChI=1S/C13H20N2O/c1-3-12-7-11(9-16)8-13(14-12)15-6-4-5-10(15)2/h7-8,10,16H,3-6,9H2,1-2H3. The van der Waals surface area contributed by atoms with Crippen LogP contribution in [-0.4, -0.2) is 22.7 Å². The van der Waals surface area contributed by atoms with Gasteiger partial charge < -0.3 is 10.0 Å². The second-order valence-electron chi connectivity index (χ2n) is 4.52. The van der Waals surface area contributed by atoms with E-state index in [-0.39, 0.29) is 6.61 Å². The number of aromatic nitrogens is 1. The van der Waals surface area contributed by atoms with Crippen LogP contribution in [0.3, 0.4) is 0 Å². The van der Waals surface area contributed by atoms with Crippen LogP contribution in [-0.2, 0) is 13.0 Å². The highest BCUT2D eigenvalue weighted by Crippen LogP contribution is 2.24. The summed E-state index contributed by atoms with van der Waals surface area (Å²) in [5.74, 6) is 1.04. The van der Waals surface area contributed by atoms with Crippen LogP contribution in [0.4, 0.5) is 5.82 Å². The van der Waals surface area contributed by atoms with Crippen molar-refractivity contribution in [1.29, 1.82) is 0 Å². The van der Waals surface area contributed by atoms with E-state index < -0.39 is 0 Å². The highest BCUT2D eigenvalue weighted by atomic mass is 16.3. The Morgan fingerprint density at radius 1 is 1.50 bits per heavy atom. The SMILES string of the molecule is CCc1cc(CO)cc(N2CCCC2C)n1. The van der Waals surface area contributed by atoms with Gasteiger partial charge in [0.1, 0.15) is 5.82 Å². The molecule has 2 rings (SSSR count). The Morgan fingerprint density at radius 3 is 2.88 bits per heavy atom. The van der Waals surface area contributed by atoms with Gasteiger partial charge in [0, 0.05) is 18.3 Å². The van der Waals surface area contributed by atoms with Crippen LogP contribution in [0.25, 0.3) is 0 Å². The summed E-state index contributed by atoms with van der Waals surface area (Å²) in [7, 11) is 0. The van der Waals surface area contributed by atoms with Crippen LogP contribution in [0, 0.1) is 0 Å². The monoisotopic (exact) mass is 220 g/mol. The van der Waals surface area contributed by atoms with Crippen LogP contribution in [0.1, 0.15) is 37.9 Å². The fourth-order valence-corrected chi connectivity index (χ4v) is 2.33. The van der Waals surface area contributed by atoms with E-state index in [2.05, 4.69) is 23.7 Å². The highest BCUT2D eigenvalue weighted by molar-refractivity contribution is 5.44. The molecule has 1 aromatic rings. The molecule has 1 aliphatic heterocycles. The van der Waals surface area contributed by atoms with Crippen molar-refractivity contribution in [1.82, 2.24) is 4.98 Å². The molecule has 0 saturated carbocycles. The zero-order valence-corrected chi connectivity index (χ0v) is 10.1. The lowest BCUT2D eigenvalue weighted by Gasteiger charge is -2.23. The first-order valence-corrected chi connectivity index (χ1v) is 6.12. The number of anilines is 1. The minimum atomic E-state index is 0.102. The average Bonchev–Trinajstić information content (AvgIpc) is 2.74. The van der Waals surface area contributed by atoms with Crippen molar-refractivity contribution < 1.29 is 5.11 Å². The molecule has 0 spiro atoms. The molecular weight excluding hydrogens is 200 g/mol. The number of rotatable bonds is 3. The number of hydrogen-bond donors (Lipinski definition) is 1. The van der Waals surface area contributed by atoms with Gasteiger partial charge >= 0.3 is 0 Å². The van der Waals surface area contributed by atoms with E-state index in [1.807, 2.05) is 12.1 Å². The van der Waals surface area contributed by atoms with Gasteiger partial charge in [0.25, 0.3) is 0 Å². The maximum atomic E-state index is 9.24. The number of hydrogen-bond acceptors (Lipinski definition) is 3. The van der Waals surface area contributed by atoms with Crippen molar-refractivity contribution in [2.45, 2.75) is 45.8 Å². The molecule has 1 aliphatic rings. The molecular formula is C13H20N2O. The van der Waals surface area contributed by atoms with Crippen LogP contribution in [0.2, 0.25) is 0 Å². The van der Waals surface area contributed by atoms with E-state index >= 15 is 0 Å². The van der Waals surface area contributed by atoms with E-state index in [9.17, 15) is 5.11 Å². The topological polar surface area (TPSA) is 36.4 Å². The lowest BCUT2D eigenvalue weighted by molar-refractivity contribution is 0.281. The molecule has 1 N–H and O–H groups in total. The minimum Gasteiger partial charge on any atom is -0.392 e. The van der Waals surface area contributed by atoms with Crippen molar-refractivity contribution in [2.75, 3.05) is 11.4 Å². The third kappa shape index (κ3) is 2.19.